The molecular weight excluding hydrogens is 416 g/mol. The van der Waals surface area contributed by atoms with Crippen molar-refractivity contribution in [3.8, 4) is 16.9 Å². The monoisotopic (exact) mass is 452 g/mol. The number of benzene rings is 3. The van der Waals surface area contributed by atoms with Gasteiger partial charge in [0, 0.05) is 24.5 Å². The quantitative estimate of drug-likeness (QED) is 0.374. The van der Waals surface area contributed by atoms with Crippen LogP contribution in [0, 0.1) is 5.92 Å². The average Bonchev–Trinajstić information content (AvgIpc) is 3.40. The molecule has 1 aliphatic carbocycles. The molecule has 1 fully saturated rings. The molecule has 5 rings (SSSR count). The van der Waals surface area contributed by atoms with Gasteiger partial charge in [-0.2, -0.15) is 0 Å². The highest BCUT2D eigenvalue weighted by molar-refractivity contribution is 5.81. The summed E-state index contributed by atoms with van der Waals surface area (Å²) in [5, 5.41) is 3.75. The Hall–Kier alpha value is -3.20. The molecule has 1 saturated heterocycles. The van der Waals surface area contributed by atoms with Crippen molar-refractivity contribution in [3.05, 3.63) is 77.9 Å². The molecule has 34 heavy (non-hydrogen) atoms. The van der Waals surface area contributed by atoms with Crippen molar-refractivity contribution in [2.75, 3.05) is 29.9 Å². The minimum absolute atomic E-state index is 0.631. The van der Waals surface area contributed by atoms with Crippen LogP contribution in [0.25, 0.3) is 17.2 Å². The molecule has 0 unspecified atom stereocenters. The number of para-hydroxylation sites is 2. The Bertz CT molecular complexity index is 1160. The van der Waals surface area contributed by atoms with Crippen molar-refractivity contribution in [2.45, 2.75) is 46.0 Å². The molecule has 3 aromatic rings. The predicted octanol–water partition coefficient (Wildman–Crippen LogP) is 8.08. The fourth-order valence-electron chi connectivity index (χ4n) is 4.94. The van der Waals surface area contributed by atoms with E-state index in [-0.39, 0.29) is 0 Å². The second-order valence-corrected chi connectivity index (χ2v) is 9.93. The lowest BCUT2D eigenvalue weighted by atomic mass is 9.91. The van der Waals surface area contributed by atoms with Crippen molar-refractivity contribution >= 4 is 23.1 Å². The van der Waals surface area contributed by atoms with Gasteiger partial charge in [0.15, 0.2) is 0 Å². The molecule has 0 atom stereocenters. The first-order valence-electron chi connectivity index (χ1n) is 12.8. The lowest BCUT2D eigenvalue weighted by Crippen LogP contribution is -2.17. The van der Waals surface area contributed by atoms with Gasteiger partial charge in [0.25, 0.3) is 0 Å². The first-order valence-corrected chi connectivity index (χ1v) is 12.8. The maximum Gasteiger partial charge on any atom is 0.142 e. The first kappa shape index (κ1) is 22.6. The van der Waals surface area contributed by atoms with E-state index in [0.29, 0.717) is 5.92 Å². The Labute approximate surface area is 204 Å². The van der Waals surface area contributed by atoms with Crippen LogP contribution in [0.1, 0.15) is 50.7 Å². The summed E-state index contributed by atoms with van der Waals surface area (Å²) in [6.07, 6.45) is 10.3. The standard InChI is InChI=1S/C31H36N2O/c1-23(2)16-19-34-31-15-6-5-14-29(31)32-30-22-26(20-25-10-3-4-13-28(25)30)24-11-9-12-27(21-24)33-17-7-8-18-33/h3,5-6,9-12,14-15,20-23,32H,4,7-8,13,16-19H2,1-2H3. The molecule has 0 amide bonds. The van der Waals surface area contributed by atoms with Gasteiger partial charge in [0.2, 0.25) is 0 Å². The van der Waals surface area contributed by atoms with Crippen molar-refractivity contribution in [1.82, 2.24) is 0 Å². The lowest BCUT2D eigenvalue weighted by Gasteiger charge is -2.22. The van der Waals surface area contributed by atoms with Crippen LogP contribution in [0.3, 0.4) is 0 Å². The van der Waals surface area contributed by atoms with Crippen LogP contribution in [0.4, 0.5) is 17.1 Å². The molecule has 0 aromatic heterocycles. The number of nitrogens with zero attached hydrogens (tertiary/aromatic N) is 1. The Morgan fingerprint density at radius 3 is 2.62 bits per heavy atom. The highest BCUT2D eigenvalue weighted by atomic mass is 16.5. The van der Waals surface area contributed by atoms with E-state index in [9.17, 15) is 0 Å². The molecule has 1 aliphatic heterocycles. The highest BCUT2D eigenvalue weighted by Crippen LogP contribution is 2.37. The molecular formula is C31H36N2O. The maximum absolute atomic E-state index is 6.17. The molecule has 176 valence electrons. The number of hydrogen-bond donors (Lipinski definition) is 1. The minimum Gasteiger partial charge on any atom is -0.491 e. The van der Waals surface area contributed by atoms with E-state index in [1.807, 2.05) is 6.07 Å². The summed E-state index contributed by atoms with van der Waals surface area (Å²) < 4.78 is 6.17. The number of ether oxygens (including phenoxy) is 1. The van der Waals surface area contributed by atoms with Crippen LogP contribution < -0.4 is 15.0 Å². The van der Waals surface area contributed by atoms with Gasteiger partial charge in [-0.05, 0) is 96.7 Å². The van der Waals surface area contributed by atoms with Crippen molar-refractivity contribution < 1.29 is 4.74 Å². The normalized spacial score (nSPS) is 15.0. The topological polar surface area (TPSA) is 24.5 Å². The largest absolute Gasteiger partial charge is 0.491 e. The molecule has 0 bridgehead atoms. The third-order valence-corrected chi connectivity index (χ3v) is 6.90. The molecule has 0 radical (unpaired) electrons. The van der Waals surface area contributed by atoms with Crippen LogP contribution in [-0.2, 0) is 6.42 Å². The third kappa shape index (κ3) is 5.14. The zero-order valence-electron chi connectivity index (χ0n) is 20.5. The van der Waals surface area contributed by atoms with Gasteiger partial charge in [-0.15, -0.1) is 0 Å². The van der Waals surface area contributed by atoms with Crippen LogP contribution in [0.2, 0.25) is 0 Å². The summed E-state index contributed by atoms with van der Waals surface area (Å²) in [6, 6.07) is 22.0. The molecule has 2 aliphatic rings. The molecule has 3 nitrogen and oxygen atoms in total. The molecule has 0 spiro atoms. The number of rotatable bonds is 8. The fraction of sp³-hybridized carbons (Fsp3) is 0.355. The second-order valence-electron chi connectivity index (χ2n) is 9.93. The summed E-state index contributed by atoms with van der Waals surface area (Å²) >= 11 is 0. The predicted molar refractivity (Wildman–Crippen MR) is 145 cm³/mol. The van der Waals surface area contributed by atoms with E-state index in [0.717, 1.165) is 50.4 Å². The van der Waals surface area contributed by atoms with Crippen LogP contribution in [-0.4, -0.2) is 19.7 Å². The Balaban J connectivity index is 1.48. The first-order chi connectivity index (χ1) is 16.7. The lowest BCUT2D eigenvalue weighted by molar-refractivity contribution is 0.291. The van der Waals surface area contributed by atoms with E-state index in [2.05, 4.69) is 90.8 Å². The van der Waals surface area contributed by atoms with E-state index in [4.69, 9.17) is 4.74 Å². The number of anilines is 3. The van der Waals surface area contributed by atoms with E-state index in [1.54, 1.807) is 0 Å². The number of fused-ring (bicyclic) bond motifs is 1. The van der Waals surface area contributed by atoms with Crippen LogP contribution >= 0.6 is 0 Å². The molecule has 0 saturated carbocycles. The van der Waals surface area contributed by atoms with Crippen molar-refractivity contribution in [2.24, 2.45) is 5.92 Å². The van der Waals surface area contributed by atoms with E-state index >= 15 is 0 Å². The summed E-state index contributed by atoms with van der Waals surface area (Å²) in [5.41, 5.74) is 8.79. The summed E-state index contributed by atoms with van der Waals surface area (Å²) in [7, 11) is 0. The smallest absolute Gasteiger partial charge is 0.142 e. The molecule has 1 N–H and O–H groups in total. The van der Waals surface area contributed by atoms with Crippen molar-refractivity contribution in [3.63, 3.8) is 0 Å². The van der Waals surface area contributed by atoms with Gasteiger partial charge in [0.05, 0.1) is 12.3 Å². The summed E-state index contributed by atoms with van der Waals surface area (Å²) in [4.78, 5) is 2.51. The van der Waals surface area contributed by atoms with E-state index < -0.39 is 0 Å². The maximum atomic E-state index is 6.17. The number of allylic oxidation sites excluding steroid dienone is 1. The SMILES string of the molecule is CC(C)CCOc1ccccc1Nc1cc(-c2cccc(N3CCCC3)c2)cc2c1CCC=C2. The molecule has 3 heteroatoms. The van der Waals surface area contributed by atoms with Crippen LogP contribution in [0.15, 0.2) is 66.7 Å². The van der Waals surface area contributed by atoms with Crippen molar-refractivity contribution in [1.29, 1.82) is 0 Å². The average molecular weight is 453 g/mol. The molecule has 3 aromatic carbocycles. The third-order valence-electron chi connectivity index (χ3n) is 6.90. The van der Waals surface area contributed by atoms with E-state index in [1.165, 1.54) is 46.5 Å². The zero-order chi connectivity index (χ0) is 23.3. The highest BCUT2D eigenvalue weighted by Gasteiger charge is 2.16. The van der Waals surface area contributed by atoms with Gasteiger partial charge in [-0.1, -0.05) is 50.3 Å². The van der Waals surface area contributed by atoms with Gasteiger partial charge in [0.1, 0.15) is 5.75 Å². The Morgan fingerprint density at radius 1 is 0.912 bits per heavy atom. The minimum atomic E-state index is 0.631. The summed E-state index contributed by atoms with van der Waals surface area (Å²) in [6.45, 7) is 7.53. The number of nitrogens with one attached hydrogen (secondary N) is 1. The second kappa shape index (κ2) is 10.4. The molecule has 1 heterocycles. The fourth-order valence-corrected chi connectivity index (χ4v) is 4.94. The van der Waals surface area contributed by atoms with Crippen LogP contribution in [0.5, 0.6) is 5.75 Å². The van der Waals surface area contributed by atoms with Gasteiger partial charge in [-0.3, -0.25) is 0 Å². The van der Waals surface area contributed by atoms with Gasteiger partial charge < -0.3 is 15.0 Å². The van der Waals surface area contributed by atoms with Gasteiger partial charge >= 0.3 is 0 Å². The Kier molecular flexibility index (Phi) is 6.89. The number of hydrogen-bond acceptors (Lipinski definition) is 3. The summed E-state index contributed by atoms with van der Waals surface area (Å²) in [5.74, 6) is 1.55. The Morgan fingerprint density at radius 2 is 1.76 bits per heavy atom. The van der Waals surface area contributed by atoms with Gasteiger partial charge in [-0.25, -0.2) is 0 Å². The zero-order valence-corrected chi connectivity index (χ0v) is 20.5.